The summed E-state index contributed by atoms with van der Waals surface area (Å²) in [5, 5.41) is 9.08. The molecule has 19 heavy (non-hydrogen) atoms. The van der Waals surface area contributed by atoms with Crippen LogP contribution in [0.2, 0.25) is 0 Å². The van der Waals surface area contributed by atoms with E-state index in [2.05, 4.69) is 4.98 Å². The molecule has 0 bridgehead atoms. The van der Waals surface area contributed by atoms with Crippen LogP contribution in [0.15, 0.2) is 35.5 Å². The number of carboxylic acid groups (broad SMARTS) is 1. The lowest BCUT2D eigenvalue weighted by Gasteiger charge is -2.05. The highest BCUT2D eigenvalue weighted by Crippen LogP contribution is 2.22. The van der Waals surface area contributed by atoms with Crippen molar-refractivity contribution in [1.82, 2.24) is 9.55 Å². The van der Waals surface area contributed by atoms with E-state index in [4.69, 9.17) is 5.11 Å². The van der Waals surface area contributed by atoms with Crippen molar-refractivity contribution in [3.05, 3.63) is 47.5 Å². The second-order valence-corrected chi connectivity index (χ2v) is 5.50. The van der Waals surface area contributed by atoms with E-state index in [1.807, 2.05) is 36.9 Å². The Morgan fingerprint density at radius 2 is 2.26 bits per heavy atom. The summed E-state index contributed by atoms with van der Waals surface area (Å²) in [7, 11) is 1.97. The third-order valence-electron chi connectivity index (χ3n) is 2.95. The van der Waals surface area contributed by atoms with Crippen LogP contribution in [0.1, 0.15) is 21.7 Å². The van der Waals surface area contributed by atoms with E-state index < -0.39 is 5.97 Å². The van der Waals surface area contributed by atoms with E-state index >= 15 is 0 Å². The smallest absolute Gasteiger partial charge is 0.335 e. The van der Waals surface area contributed by atoms with Gasteiger partial charge in [0.1, 0.15) is 5.82 Å². The Kier molecular flexibility index (Phi) is 4.27. The number of aromatic carboxylic acids is 1. The highest BCUT2D eigenvalue weighted by atomic mass is 32.2. The molecule has 0 aliphatic rings. The second kappa shape index (κ2) is 5.93. The maximum absolute atomic E-state index is 11.1. The minimum Gasteiger partial charge on any atom is -0.478 e. The molecule has 0 unspecified atom stereocenters. The van der Waals surface area contributed by atoms with Gasteiger partial charge in [-0.05, 0) is 24.6 Å². The van der Waals surface area contributed by atoms with Crippen LogP contribution in [0.25, 0.3) is 0 Å². The monoisotopic (exact) mass is 276 g/mol. The minimum atomic E-state index is -0.871. The lowest BCUT2D eigenvalue weighted by Crippen LogP contribution is -2.01. The molecule has 1 N–H and O–H groups in total. The molecule has 0 saturated heterocycles. The largest absolute Gasteiger partial charge is 0.478 e. The highest BCUT2D eigenvalue weighted by Gasteiger charge is 2.08. The molecule has 0 fully saturated rings. The van der Waals surface area contributed by atoms with Crippen LogP contribution in [0.4, 0.5) is 0 Å². The number of carbonyl (C=O) groups is 1. The van der Waals surface area contributed by atoms with E-state index in [1.165, 1.54) is 0 Å². The first kappa shape index (κ1) is 13.7. The third-order valence-corrected chi connectivity index (χ3v) is 3.95. The van der Waals surface area contributed by atoms with Gasteiger partial charge in [0.05, 0.1) is 5.56 Å². The molecular formula is C14H16N2O2S. The van der Waals surface area contributed by atoms with Crippen molar-refractivity contribution in [2.24, 2.45) is 7.05 Å². The van der Waals surface area contributed by atoms with E-state index in [-0.39, 0.29) is 0 Å². The topological polar surface area (TPSA) is 55.1 Å². The van der Waals surface area contributed by atoms with Gasteiger partial charge in [0.15, 0.2) is 0 Å². The van der Waals surface area contributed by atoms with Gasteiger partial charge >= 0.3 is 5.97 Å². The molecule has 0 aliphatic heterocycles. The zero-order valence-corrected chi connectivity index (χ0v) is 11.8. The Hall–Kier alpha value is -1.75. The number of carboxylic acids is 1. The first-order valence-corrected chi connectivity index (χ1v) is 6.99. The van der Waals surface area contributed by atoms with E-state index in [0.29, 0.717) is 5.56 Å². The molecule has 0 saturated carbocycles. The van der Waals surface area contributed by atoms with Crippen LogP contribution in [0.5, 0.6) is 0 Å². The summed E-state index contributed by atoms with van der Waals surface area (Å²) in [5.41, 5.74) is 1.17. The van der Waals surface area contributed by atoms with Crippen LogP contribution in [0.3, 0.4) is 0 Å². The number of benzene rings is 1. The lowest BCUT2D eigenvalue weighted by atomic mass is 10.1. The molecule has 0 radical (unpaired) electrons. The molecule has 5 heteroatoms. The fourth-order valence-corrected chi connectivity index (χ4v) is 2.70. The Labute approximate surface area is 116 Å². The van der Waals surface area contributed by atoms with Crippen molar-refractivity contribution in [2.75, 3.05) is 5.75 Å². The van der Waals surface area contributed by atoms with E-state index in [0.717, 1.165) is 28.5 Å². The highest BCUT2D eigenvalue weighted by molar-refractivity contribution is 7.99. The van der Waals surface area contributed by atoms with Crippen molar-refractivity contribution >= 4 is 17.7 Å². The van der Waals surface area contributed by atoms with Gasteiger partial charge in [-0.1, -0.05) is 6.07 Å². The van der Waals surface area contributed by atoms with Gasteiger partial charge in [-0.15, -0.1) is 11.8 Å². The Balaban J connectivity index is 1.98. The van der Waals surface area contributed by atoms with Crippen molar-refractivity contribution in [1.29, 1.82) is 0 Å². The number of imidazole rings is 1. The maximum atomic E-state index is 11.1. The van der Waals surface area contributed by atoms with E-state index in [1.54, 1.807) is 24.0 Å². The minimum absolute atomic E-state index is 0.377. The molecule has 0 spiro atoms. The van der Waals surface area contributed by atoms with Crippen LogP contribution in [-0.2, 0) is 13.5 Å². The summed E-state index contributed by atoms with van der Waals surface area (Å²) in [5.74, 6) is 1.05. The predicted octanol–water partition coefficient (Wildman–Crippen LogP) is 2.76. The number of nitrogens with zero attached hydrogens (tertiary/aromatic N) is 2. The molecule has 100 valence electrons. The summed E-state index contributed by atoms with van der Waals surface area (Å²) in [4.78, 5) is 16.3. The first-order chi connectivity index (χ1) is 9.08. The molecular weight excluding hydrogens is 260 g/mol. The number of rotatable bonds is 5. The van der Waals surface area contributed by atoms with Gasteiger partial charge in [0, 0.05) is 36.5 Å². The van der Waals surface area contributed by atoms with Gasteiger partial charge in [-0.2, -0.15) is 0 Å². The molecule has 0 atom stereocenters. The van der Waals surface area contributed by atoms with Gasteiger partial charge in [-0.25, -0.2) is 9.78 Å². The average Bonchev–Trinajstić information content (AvgIpc) is 2.77. The summed E-state index contributed by atoms with van der Waals surface area (Å²) in [6.07, 6.45) is 4.58. The standard InChI is InChI=1S/C14H16N2O2S/c1-10-3-4-11(9-12(10)14(17)18)19-8-5-13-15-6-7-16(13)2/h3-4,6-7,9H,5,8H2,1-2H3,(H,17,18). The van der Waals surface area contributed by atoms with Gasteiger partial charge in [0.2, 0.25) is 0 Å². The summed E-state index contributed by atoms with van der Waals surface area (Å²) < 4.78 is 2.00. The third kappa shape index (κ3) is 3.38. The van der Waals surface area contributed by atoms with Crippen LogP contribution >= 0.6 is 11.8 Å². The van der Waals surface area contributed by atoms with Gasteiger partial charge < -0.3 is 9.67 Å². The van der Waals surface area contributed by atoms with Crippen molar-refractivity contribution in [3.8, 4) is 0 Å². The van der Waals surface area contributed by atoms with Crippen LogP contribution < -0.4 is 0 Å². The fraction of sp³-hybridized carbons (Fsp3) is 0.286. The molecule has 0 aliphatic carbocycles. The van der Waals surface area contributed by atoms with Crippen LogP contribution in [-0.4, -0.2) is 26.4 Å². The maximum Gasteiger partial charge on any atom is 0.335 e. The summed E-state index contributed by atoms with van der Waals surface area (Å²) >= 11 is 1.65. The number of hydrogen-bond acceptors (Lipinski definition) is 3. The number of thioether (sulfide) groups is 1. The van der Waals surface area contributed by atoms with E-state index in [9.17, 15) is 4.79 Å². The summed E-state index contributed by atoms with van der Waals surface area (Å²) in [6, 6.07) is 5.55. The quantitative estimate of drug-likeness (QED) is 0.853. The Morgan fingerprint density at radius 1 is 1.47 bits per heavy atom. The Morgan fingerprint density at radius 3 is 2.89 bits per heavy atom. The fourth-order valence-electron chi connectivity index (χ4n) is 1.82. The average molecular weight is 276 g/mol. The second-order valence-electron chi connectivity index (χ2n) is 4.33. The molecule has 4 nitrogen and oxygen atoms in total. The predicted molar refractivity (Wildman–Crippen MR) is 75.8 cm³/mol. The van der Waals surface area contributed by atoms with Crippen molar-refractivity contribution in [2.45, 2.75) is 18.2 Å². The molecule has 2 rings (SSSR count). The van der Waals surface area contributed by atoms with Gasteiger partial charge in [0.25, 0.3) is 0 Å². The normalized spacial score (nSPS) is 10.6. The zero-order valence-electron chi connectivity index (χ0n) is 11.0. The number of hydrogen-bond donors (Lipinski definition) is 1. The number of aryl methyl sites for hydroxylation is 3. The lowest BCUT2D eigenvalue weighted by molar-refractivity contribution is 0.0696. The molecule has 1 heterocycles. The Bertz CT molecular complexity index is 593. The molecule has 0 amide bonds. The van der Waals surface area contributed by atoms with Crippen molar-refractivity contribution < 1.29 is 9.90 Å². The first-order valence-electron chi connectivity index (χ1n) is 6.01. The SMILES string of the molecule is Cc1ccc(SCCc2nccn2C)cc1C(=O)O. The van der Waals surface area contributed by atoms with Crippen molar-refractivity contribution in [3.63, 3.8) is 0 Å². The molecule has 2 aromatic rings. The molecule has 1 aromatic carbocycles. The van der Waals surface area contributed by atoms with Gasteiger partial charge in [-0.3, -0.25) is 0 Å². The molecule has 1 aromatic heterocycles. The number of aromatic nitrogens is 2. The zero-order chi connectivity index (χ0) is 13.8. The van der Waals surface area contributed by atoms with Crippen LogP contribution in [0, 0.1) is 6.92 Å². The summed E-state index contributed by atoms with van der Waals surface area (Å²) in [6.45, 7) is 1.81.